The summed E-state index contributed by atoms with van der Waals surface area (Å²) in [5, 5.41) is 24.6. The maximum absolute atomic E-state index is 12.2. The van der Waals surface area contributed by atoms with Crippen LogP contribution in [0.15, 0.2) is 30.6 Å². The van der Waals surface area contributed by atoms with Crippen molar-refractivity contribution >= 4 is 24.4 Å². The Morgan fingerprint density at radius 3 is 2.92 bits per heavy atom. The largest absolute Gasteiger partial charge is 0.535 e. The molecule has 9 nitrogen and oxygen atoms in total. The van der Waals surface area contributed by atoms with Gasteiger partial charge in [-0.25, -0.2) is 0 Å². The number of para-hydroxylation sites is 1. The molecule has 1 aliphatic rings. The quantitative estimate of drug-likeness (QED) is 0.359. The van der Waals surface area contributed by atoms with Crippen molar-refractivity contribution in [2.45, 2.75) is 32.1 Å². The lowest BCUT2D eigenvalue weighted by Gasteiger charge is -2.28. The van der Waals surface area contributed by atoms with Crippen LogP contribution in [0, 0.1) is 10.1 Å². The second-order valence-corrected chi connectivity index (χ2v) is 6.22. The zero-order chi connectivity index (χ0) is 18.8. The lowest BCUT2D eigenvalue weighted by atomic mass is 9.64. The first-order valence-electron chi connectivity index (χ1n) is 8.01. The van der Waals surface area contributed by atoms with E-state index in [1.807, 2.05) is 0 Å². The molecule has 0 saturated carbocycles. The summed E-state index contributed by atoms with van der Waals surface area (Å²) >= 11 is 0. The lowest BCUT2D eigenvalue weighted by molar-refractivity contribution is -0.385. The van der Waals surface area contributed by atoms with Crippen LogP contribution < -0.4 is 4.65 Å². The van der Waals surface area contributed by atoms with Crippen molar-refractivity contribution < 1.29 is 24.2 Å². The molecule has 10 heteroatoms. The van der Waals surface area contributed by atoms with Crippen LogP contribution in [0.25, 0.3) is 0 Å². The molecule has 0 unspecified atom stereocenters. The summed E-state index contributed by atoms with van der Waals surface area (Å²) in [6.07, 6.45) is 2.67. The molecule has 1 N–H and O–H groups in total. The Hall–Kier alpha value is -3.01. The summed E-state index contributed by atoms with van der Waals surface area (Å²) in [6, 6.07) is 5.16. The monoisotopic (exact) mass is 357 g/mol. The molecule has 0 aliphatic carbocycles. The zero-order valence-electron chi connectivity index (χ0n) is 14.0. The van der Waals surface area contributed by atoms with Gasteiger partial charge in [0.2, 0.25) is 0 Å². The second-order valence-electron chi connectivity index (χ2n) is 6.22. The van der Waals surface area contributed by atoms with Crippen LogP contribution in [0.2, 0.25) is 5.82 Å². The third-order valence-electron chi connectivity index (χ3n) is 4.26. The molecule has 0 fully saturated rings. The van der Waals surface area contributed by atoms with Gasteiger partial charge in [0.1, 0.15) is 18.1 Å². The van der Waals surface area contributed by atoms with Crippen molar-refractivity contribution in [1.82, 2.24) is 9.78 Å². The molecule has 0 radical (unpaired) electrons. The highest BCUT2D eigenvalue weighted by molar-refractivity contribution is 6.47. The molecule has 26 heavy (non-hydrogen) atoms. The number of hydrogen-bond donors (Lipinski definition) is 1. The van der Waals surface area contributed by atoms with Crippen molar-refractivity contribution in [2.75, 3.05) is 0 Å². The molecule has 1 aromatic carbocycles. The van der Waals surface area contributed by atoms with Gasteiger partial charge >= 0.3 is 12.8 Å². The van der Waals surface area contributed by atoms with E-state index in [0.29, 0.717) is 17.7 Å². The fourth-order valence-electron chi connectivity index (χ4n) is 3.01. The minimum absolute atomic E-state index is 0.0264. The summed E-state index contributed by atoms with van der Waals surface area (Å²) in [5.41, 5.74) is 0.968. The number of carbonyl (C=O) groups excluding carboxylic acids is 2. The molecule has 1 aliphatic heterocycles. The predicted octanol–water partition coefficient (Wildman–Crippen LogP) is 1.44. The molecule has 134 valence electrons. The van der Waals surface area contributed by atoms with Crippen molar-refractivity contribution in [3.8, 4) is 5.75 Å². The number of rotatable bonds is 6. The van der Waals surface area contributed by atoms with Gasteiger partial charge in [-0.05, 0) is 25.0 Å². The van der Waals surface area contributed by atoms with Crippen LogP contribution in [0.5, 0.6) is 5.75 Å². The van der Waals surface area contributed by atoms with E-state index < -0.39 is 17.9 Å². The minimum Gasteiger partial charge on any atom is -0.535 e. The number of Topliss-reactive ketones (excluding diaryl/α,β-unsaturated/α-hetero) is 2. The van der Waals surface area contributed by atoms with Crippen LogP contribution in [0.4, 0.5) is 5.69 Å². The topological polar surface area (TPSA) is 125 Å². The van der Waals surface area contributed by atoms with Crippen LogP contribution in [0.3, 0.4) is 0 Å². The van der Waals surface area contributed by atoms with E-state index in [0.717, 1.165) is 11.8 Å². The summed E-state index contributed by atoms with van der Waals surface area (Å²) < 4.78 is 6.69. The van der Waals surface area contributed by atoms with E-state index >= 15 is 0 Å². The van der Waals surface area contributed by atoms with Crippen LogP contribution >= 0.6 is 0 Å². The Morgan fingerprint density at radius 1 is 1.50 bits per heavy atom. The third-order valence-corrected chi connectivity index (χ3v) is 4.26. The SMILES string of the molecule is CC(=O)c1cccc2c1OB(O)[C@@H](CC(=O)Cn1cc([N+](=O)[O-])cn1)C2. The molecule has 0 saturated heterocycles. The Balaban J connectivity index is 1.68. The van der Waals surface area contributed by atoms with Gasteiger partial charge in [-0.1, -0.05) is 12.1 Å². The zero-order valence-corrected chi connectivity index (χ0v) is 14.0. The van der Waals surface area contributed by atoms with Gasteiger partial charge in [-0.2, -0.15) is 5.10 Å². The van der Waals surface area contributed by atoms with E-state index in [-0.39, 0.29) is 30.2 Å². The second kappa shape index (κ2) is 7.08. The van der Waals surface area contributed by atoms with Crippen LogP contribution in [-0.4, -0.2) is 38.4 Å². The standard InChI is InChI=1S/C16H16BN3O6/c1-10(21)15-4-2-3-11-5-12(17(23)26-16(11)15)6-14(22)9-19-8-13(7-18-19)20(24)25/h2-4,7-8,12,23H,5-6,9H2,1H3/t12-/m1/s1. The summed E-state index contributed by atoms with van der Waals surface area (Å²) in [7, 11) is -1.21. The Kier molecular flexibility index (Phi) is 4.85. The normalized spacial score (nSPS) is 15.9. The molecule has 0 amide bonds. The van der Waals surface area contributed by atoms with Crippen molar-refractivity contribution in [3.63, 3.8) is 0 Å². The van der Waals surface area contributed by atoms with E-state index in [9.17, 15) is 24.7 Å². The van der Waals surface area contributed by atoms with E-state index in [2.05, 4.69) is 5.10 Å². The number of benzene rings is 1. The molecule has 2 heterocycles. The predicted molar refractivity (Wildman–Crippen MR) is 91.0 cm³/mol. The highest BCUT2D eigenvalue weighted by Crippen LogP contribution is 2.36. The fourth-order valence-corrected chi connectivity index (χ4v) is 3.01. The van der Waals surface area contributed by atoms with Gasteiger partial charge in [-0.15, -0.1) is 0 Å². The number of nitro groups is 1. The Morgan fingerprint density at radius 2 is 2.27 bits per heavy atom. The number of aromatic nitrogens is 2. The molecule has 3 rings (SSSR count). The van der Waals surface area contributed by atoms with Gasteiger partial charge in [0.15, 0.2) is 11.6 Å². The first-order chi connectivity index (χ1) is 12.3. The van der Waals surface area contributed by atoms with Gasteiger partial charge in [0.05, 0.1) is 17.0 Å². The molecule has 2 aromatic rings. The van der Waals surface area contributed by atoms with E-state index in [1.54, 1.807) is 18.2 Å². The first kappa shape index (κ1) is 17.8. The Bertz CT molecular complexity index is 881. The lowest BCUT2D eigenvalue weighted by Crippen LogP contribution is -2.36. The number of ketones is 2. The maximum atomic E-state index is 12.2. The average molecular weight is 357 g/mol. The van der Waals surface area contributed by atoms with Crippen molar-refractivity contribution in [1.29, 1.82) is 0 Å². The van der Waals surface area contributed by atoms with Crippen molar-refractivity contribution in [2.24, 2.45) is 0 Å². The van der Waals surface area contributed by atoms with Gasteiger partial charge in [0.25, 0.3) is 0 Å². The molecule has 0 spiro atoms. The average Bonchev–Trinajstić information content (AvgIpc) is 3.03. The van der Waals surface area contributed by atoms with E-state index in [4.69, 9.17) is 4.65 Å². The molecular weight excluding hydrogens is 341 g/mol. The molecular formula is C16H16BN3O6. The summed E-state index contributed by atoms with van der Waals surface area (Å²) in [4.78, 5) is 34.0. The van der Waals surface area contributed by atoms with Crippen LogP contribution in [0.1, 0.15) is 29.3 Å². The van der Waals surface area contributed by atoms with Crippen LogP contribution in [-0.2, 0) is 17.8 Å². The molecule has 0 bridgehead atoms. The smallest absolute Gasteiger partial charge is 0.526 e. The number of nitrogens with zero attached hydrogens (tertiary/aromatic N) is 3. The Labute approximate surface area is 148 Å². The van der Waals surface area contributed by atoms with Gasteiger partial charge in [0, 0.05) is 12.2 Å². The fraction of sp³-hybridized carbons (Fsp3) is 0.312. The summed E-state index contributed by atoms with van der Waals surface area (Å²) in [5.74, 6) is -0.507. The highest BCUT2D eigenvalue weighted by atomic mass is 16.6. The van der Waals surface area contributed by atoms with Crippen molar-refractivity contribution in [3.05, 3.63) is 51.8 Å². The highest BCUT2D eigenvalue weighted by Gasteiger charge is 2.37. The van der Waals surface area contributed by atoms with Gasteiger partial charge < -0.3 is 9.68 Å². The van der Waals surface area contributed by atoms with E-state index in [1.165, 1.54) is 17.8 Å². The summed E-state index contributed by atoms with van der Waals surface area (Å²) in [6.45, 7) is 1.29. The molecule has 1 aromatic heterocycles. The number of hydrogen-bond acceptors (Lipinski definition) is 7. The van der Waals surface area contributed by atoms with Gasteiger partial charge in [-0.3, -0.25) is 24.4 Å². The maximum Gasteiger partial charge on any atom is 0.526 e. The number of carbonyl (C=O) groups is 2. The molecule has 1 atom stereocenters. The minimum atomic E-state index is -1.21. The number of fused-ring (bicyclic) bond motifs is 1. The third kappa shape index (κ3) is 3.64. The first-order valence-corrected chi connectivity index (χ1v) is 8.01.